The van der Waals surface area contributed by atoms with Gasteiger partial charge in [0, 0.05) is 55.0 Å². The Bertz CT molecular complexity index is 984. The molecule has 156 valence electrons. The van der Waals surface area contributed by atoms with Gasteiger partial charge in [0.25, 0.3) is 0 Å². The molecule has 0 bridgehead atoms. The SMILES string of the molecule is O=C(CCc1[nH]c(=S)n2c1C[C@H](c1c(F)c(F)cc(F)c1F)C2)N1CCCCC1. The molecule has 1 aromatic heterocycles. The van der Waals surface area contributed by atoms with E-state index in [1.807, 2.05) is 4.90 Å². The number of rotatable bonds is 4. The molecule has 1 atom stereocenters. The summed E-state index contributed by atoms with van der Waals surface area (Å²) in [4.78, 5) is 17.4. The van der Waals surface area contributed by atoms with E-state index in [-0.39, 0.29) is 24.9 Å². The number of piperidine rings is 1. The number of aromatic nitrogens is 2. The molecule has 2 aromatic rings. The predicted octanol–water partition coefficient (Wildman–Crippen LogP) is 4.39. The molecule has 1 fully saturated rings. The van der Waals surface area contributed by atoms with Gasteiger partial charge in [-0.15, -0.1) is 0 Å². The molecule has 9 heteroatoms. The molecule has 0 saturated carbocycles. The van der Waals surface area contributed by atoms with Crippen molar-refractivity contribution in [3.8, 4) is 0 Å². The highest BCUT2D eigenvalue weighted by Gasteiger charge is 2.33. The second kappa shape index (κ2) is 7.93. The molecule has 1 amide bonds. The number of carbonyl (C=O) groups excluding carboxylic acids is 1. The summed E-state index contributed by atoms with van der Waals surface area (Å²) >= 11 is 5.30. The molecule has 2 aliphatic heterocycles. The summed E-state index contributed by atoms with van der Waals surface area (Å²) in [5.41, 5.74) is 0.881. The Morgan fingerprint density at radius 1 is 1.10 bits per heavy atom. The van der Waals surface area contributed by atoms with E-state index in [0.29, 0.717) is 17.6 Å². The molecule has 1 saturated heterocycles. The first kappa shape index (κ1) is 20.1. The van der Waals surface area contributed by atoms with Crippen LogP contribution in [0.4, 0.5) is 17.6 Å². The molecule has 3 heterocycles. The number of halogens is 4. The minimum Gasteiger partial charge on any atom is -0.343 e. The average Bonchev–Trinajstić information content (AvgIpc) is 3.26. The Balaban J connectivity index is 1.53. The fourth-order valence-electron chi connectivity index (χ4n) is 4.38. The van der Waals surface area contributed by atoms with Crippen LogP contribution in [0.1, 0.15) is 48.6 Å². The zero-order chi connectivity index (χ0) is 20.7. The number of H-pyrrole nitrogens is 1. The van der Waals surface area contributed by atoms with Crippen molar-refractivity contribution in [2.75, 3.05) is 13.1 Å². The Labute approximate surface area is 170 Å². The summed E-state index contributed by atoms with van der Waals surface area (Å²) in [6.45, 7) is 1.67. The van der Waals surface area contributed by atoms with Crippen LogP contribution < -0.4 is 0 Å². The molecule has 4 rings (SSSR count). The van der Waals surface area contributed by atoms with Crippen molar-refractivity contribution >= 4 is 18.1 Å². The van der Waals surface area contributed by atoms with Crippen molar-refractivity contribution in [1.29, 1.82) is 0 Å². The highest BCUT2D eigenvalue weighted by atomic mass is 32.1. The number of hydrogen-bond acceptors (Lipinski definition) is 2. The van der Waals surface area contributed by atoms with Crippen LogP contribution in [0.3, 0.4) is 0 Å². The highest BCUT2D eigenvalue weighted by Crippen LogP contribution is 2.36. The number of carbonyl (C=O) groups is 1. The van der Waals surface area contributed by atoms with E-state index in [4.69, 9.17) is 12.2 Å². The van der Waals surface area contributed by atoms with Gasteiger partial charge in [-0.3, -0.25) is 4.79 Å². The van der Waals surface area contributed by atoms with Crippen LogP contribution in [0.15, 0.2) is 6.07 Å². The molecule has 29 heavy (non-hydrogen) atoms. The van der Waals surface area contributed by atoms with E-state index >= 15 is 0 Å². The van der Waals surface area contributed by atoms with Gasteiger partial charge in [-0.2, -0.15) is 0 Å². The second-order valence-electron chi connectivity index (χ2n) is 7.69. The first-order valence-electron chi connectivity index (χ1n) is 9.78. The number of nitrogens with one attached hydrogen (secondary N) is 1. The van der Waals surface area contributed by atoms with Gasteiger partial charge < -0.3 is 14.5 Å². The summed E-state index contributed by atoms with van der Waals surface area (Å²) in [5.74, 6) is -6.24. The zero-order valence-corrected chi connectivity index (χ0v) is 16.6. The maximum absolute atomic E-state index is 14.2. The quantitative estimate of drug-likeness (QED) is 0.447. The average molecular weight is 427 g/mol. The summed E-state index contributed by atoms with van der Waals surface area (Å²) in [7, 11) is 0. The number of benzene rings is 1. The number of likely N-dealkylation sites (tertiary alicyclic amines) is 1. The highest BCUT2D eigenvalue weighted by molar-refractivity contribution is 7.71. The topological polar surface area (TPSA) is 41.0 Å². The smallest absolute Gasteiger partial charge is 0.222 e. The summed E-state index contributed by atoms with van der Waals surface area (Å²) < 4.78 is 57.7. The van der Waals surface area contributed by atoms with Crippen LogP contribution >= 0.6 is 12.2 Å². The normalized spacial score (nSPS) is 18.9. The first-order valence-corrected chi connectivity index (χ1v) is 10.2. The van der Waals surface area contributed by atoms with Crippen molar-refractivity contribution in [3.63, 3.8) is 0 Å². The van der Waals surface area contributed by atoms with Gasteiger partial charge in [-0.25, -0.2) is 17.6 Å². The van der Waals surface area contributed by atoms with Gasteiger partial charge in [0.1, 0.15) is 0 Å². The van der Waals surface area contributed by atoms with Crippen LogP contribution in [-0.2, 0) is 24.2 Å². The second-order valence-corrected chi connectivity index (χ2v) is 8.08. The molecular weight excluding hydrogens is 406 g/mol. The maximum atomic E-state index is 14.2. The third-order valence-electron chi connectivity index (χ3n) is 5.87. The third-order valence-corrected chi connectivity index (χ3v) is 6.19. The lowest BCUT2D eigenvalue weighted by Gasteiger charge is -2.26. The Morgan fingerprint density at radius 3 is 2.41 bits per heavy atom. The van der Waals surface area contributed by atoms with E-state index in [0.717, 1.165) is 43.7 Å². The van der Waals surface area contributed by atoms with E-state index in [2.05, 4.69) is 4.98 Å². The lowest BCUT2D eigenvalue weighted by molar-refractivity contribution is -0.132. The molecule has 0 radical (unpaired) electrons. The maximum Gasteiger partial charge on any atom is 0.222 e. The summed E-state index contributed by atoms with van der Waals surface area (Å²) in [6.07, 6.45) is 4.09. The fourth-order valence-corrected chi connectivity index (χ4v) is 4.69. The number of hydrogen-bond donors (Lipinski definition) is 1. The molecule has 4 nitrogen and oxygen atoms in total. The number of fused-ring (bicyclic) bond motifs is 1. The largest absolute Gasteiger partial charge is 0.343 e. The van der Waals surface area contributed by atoms with Crippen molar-refractivity contribution in [3.05, 3.63) is 51.1 Å². The predicted molar refractivity (Wildman–Crippen MR) is 101 cm³/mol. The van der Waals surface area contributed by atoms with Gasteiger partial charge in [0.2, 0.25) is 5.91 Å². The van der Waals surface area contributed by atoms with Crippen molar-refractivity contribution in [2.45, 2.75) is 51.0 Å². The minimum absolute atomic E-state index is 0.0720. The Hall–Kier alpha value is -2.16. The van der Waals surface area contributed by atoms with Crippen molar-refractivity contribution in [1.82, 2.24) is 14.5 Å². The number of amides is 1. The van der Waals surface area contributed by atoms with Crippen molar-refractivity contribution < 1.29 is 22.4 Å². The molecular formula is C20H21F4N3OS. The fraction of sp³-hybridized carbons (Fsp3) is 0.500. The molecule has 2 aliphatic rings. The lowest BCUT2D eigenvalue weighted by Crippen LogP contribution is -2.35. The monoisotopic (exact) mass is 427 g/mol. The van der Waals surface area contributed by atoms with Gasteiger partial charge in [-0.1, -0.05) is 0 Å². The minimum atomic E-state index is -1.41. The Morgan fingerprint density at radius 2 is 1.76 bits per heavy atom. The van der Waals surface area contributed by atoms with Crippen LogP contribution in [0.25, 0.3) is 0 Å². The number of nitrogens with zero attached hydrogens (tertiary/aromatic N) is 2. The van der Waals surface area contributed by atoms with E-state index < -0.39 is 34.8 Å². The summed E-state index contributed by atoms with van der Waals surface area (Å²) in [6, 6.07) is 0.216. The zero-order valence-electron chi connectivity index (χ0n) is 15.7. The van der Waals surface area contributed by atoms with Gasteiger partial charge in [0.05, 0.1) is 0 Å². The van der Waals surface area contributed by atoms with Gasteiger partial charge in [-0.05, 0) is 44.3 Å². The first-order chi connectivity index (χ1) is 13.9. The number of aryl methyl sites for hydroxylation is 1. The van der Waals surface area contributed by atoms with Crippen LogP contribution in [0.2, 0.25) is 0 Å². The number of imidazole rings is 1. The van der Waals surface area contributed by atoms with Crippen LogP contribution in [0, 0.1) is 28.0 Å². The van der Waals surface area contributed by atoms with E-state index in [1.165, 1.54) is 0 Å². The number of aromatic amines is 1. The molecule has 1 N–H and O–H groups in total. The molecule has 1 aromatic carbocycles. The summed E-state index contributed by atoms with van der Waals surface area (Å²) in [5, 5.41) is 0. The van der Waals surface area contributed by atoms with Crippen LogP contribution in [-0.4, -0.2) is 33.4 Å². The standard InChI is InChI=1S/C20H21F4N3OS/c21-12-9-13(22)19(24)17(18(12)23)11-8-15-14(25-20(29)27(15)10-11)4-5-16(28)26-6-2-1-3-7-26/h9,11H,1-8,10H2,(H,25,29)/t11-/m0/s1. The molecule has 0 spiro atoms. The van der Waals surface area contributed by atoms with Gasteiger partial charge >= 0.3 is 0 Å². The van der Waals surface area contributed by atoms with Crippen LogP contribution in [0.5, 0.6) is 0 Å². The molecule has 0 aliphatic carbocycles. The molecule has 0 unspecified atom stereocenters. The van der Waals surface area contributed by atoms with Crippen molar-refractivity contribution in [2.24, 2.45) is 0 Å². The third kappa shape index (κ3) is 3.72. The van der Waals surface area contributed by atoms with E-state index in [9.17, 15) is 22.4 Å². The van der Waals surface area contributed by atoms with E-state index in [1.54, 1.807) is 4.57 Å². The Kier molecular flexibility index (Phi) is 5.50. The van der Waals surface area contributed by atoms with Gasteiger partial charge in [0.15, 0.2) is 28.0 Å². The lowest BCUT2D eigenvalue weighted by atomic mass is 9.94.